The van der Waals surface area contributed by atoms with E-state index in [0.717, 1.165) is 57.7 Å². The molecule has 0 N–H and O–H groups in total. The molecule has 0 amide bonds. The van der Waals surface area contributed by atoms with Gasteiger partial charge >= 0.3 is 0 Å². The summed E-state index contributed by atoms with van der Waals surface area (Å²) in [6, 6.07) is 13.7. The molecule has 1 aliphatic heterocycles. The summed E-state index contributed by atoms with van der Waals surface area (Å²) in [6.07, 6.45) is 2.88. The lowest BCUT2D eigenvalue weighted by molar-refractivity contribution is 0.112. The van der Waals surface area contributed by atoms with Gasteiger partial charge in [-0.15, -0.1) is 0 Å². The summed E-state index contributed by atoms with van der Waals surface area (Å²) in [4.78, 5) is 15.8. The first kappa shape index (κ1) is 20.6. The van der Waals surface area contributed by atoms with Crippen molar-refractivity contribution < 1.29 is 14.3 Å². The molecule has 1 aromatic heterocycles. The number of anilines is 1. The van der Waals surface area contributed by atoms with Crippen molar-refractivity contribution in [1.29, 1.82) is 0 Å². The maximum atomic E-state index is 10.9. The molecule has 0 atom stereocenters. The molecule has 30 heavy (non-hydrogen) atoms. The van der Waals surface area contributed by atoms with Crippen LogP contribution in [0.5, 0.6) is 11.5 Å². The Morgan fingerprint density at radius 2 is 1.90 bits per heavy atom. The number of carbonyl (C=O) groups excluding carboxylic acids is 1. The van der Waals surface area contributed by atoms with Crippen molar-refractivity contribution in [3.63, 3.8) is 0 Å². The number of ether oxygens (including phenoxy) is 2. The summed E-state index contributed by atoms with van der Waals surface area (Å²) in [5.41, 5.74) is 0.587. The molecule has 0 saturated carbocycles. The maximum Gasteiger partial charge on any atom is 0.161 e. The van der Waals surface area contributed by atoms with E-state index in [1.165, 1.54) is 10.1 Å². The summed E-state index contributed by atoms with van der Waals surface area (Å²) in [6.45, 7) is 5.88. The van der Waals surface area contributed by atoms with Crippen molar-refractivity contribution in [2.45, 2.75) is 12.8 Å². The number of nitrogens with zero attached hydrogens (tertiary/aromatic N) is 3. The number of carbonyl (C=O) groups is 1. The zero-order valence-corrected chi connectivity index (χ0v) is 18.1. The molecular weight excluding hydrogens is 398 g/mol. The second kappa shape index (κ2) is 9.91. The Kier molecular flexibility index (Phi) is 6.81. The van der Waals surface area contributed by atoms with Crippen LogP contribution in [0.15, 0.2) is 42.5 Å². The third-order valence-corrected chi connectivity index (χ3v) is 6.30. The molecule has 0 aliphatic carbocycles. The topological polar surface area (TPSA) is 54.9 Å². The van der Waals surface area contributed by atoms with Gasteiger partial charge in [0, 0.05) is 37.1 Å². The molecule has 6 nitrogen and oxygen atoms in total. The fourth-order valence-corrected chi connectivity index (χ4v) is 4.58. The maximum absolute atomic E-state index is 10.9. The van der Waals surface area contributed by atoms with E-state index >= 15 is 0 Å². The van der Waals surface area contributed by atoms with Crippen molar-refractivity contribution in [2.75, 3.05) is 51.3 Å². The largest absolute Gasteiger partial charge is 0.493 e. The number of piperazine rings is 1. The minimum Gasteiger partial charge on any atom is -0.493 e. The van der Waals surface area contributed by atoms with Gasteiger partial charge in [0.1, 0.15) is 12.1 Å². The van der Waals surface area contributed by atoms with Crippen molar-refractivity contribution in [3.8, 4) is 11.5 Å². The second-order valence-corrected chi connectivity index (χ2v) is 8.22. The Morgan fingerprint density at radius 3 is 2.70 bits per heavy atom. The number of benzene rings is 2. The van der Waals surface area contributed by atoms with Gasteiger partial charge in [-0.2, -0.15) is 4.37 Å². The molecule has 3 aromatic rings. The van der Waals surface area contributed by atoms with E-state index in [0.29, 0.717) is 23.7 Å². The van der Waals surface area contributed by atoms with Crippen LogP contribution in [-0.4, -0.2) is 62.0 Å². The average Bonchev–Trinajstić information content (AvgIpc) is 3.23. The Balaban J connectivity index is 1.18. The Hall–Kier alpha value is -2.64. The first-order valence-corrected chi connectivity index (χ1v) is 11.1. The molecule has 0 radical (unpaired) electrons. The molecule has 0 unspecified atom stereocenters. The predicted octanol–water partition coefficient (Wildman–Crippen LogP) is 4.10. The molecule has 0 spiro atoms. The Labute approximate surface area is 181 Å². The highest BCUT2D eigenvalue weighted by atomic mass is 32.1. The van der Waals surface area contributed by atoms with Crippen LogP contribution in [-0.2, 0) is 0 Å². The average molecular weight is 426 g/mol. The molecule has 1 fully saturated rings. The van der Waals surface area contributed by atoms with Crippen molar-refractivity contribution in [2.24, 2.45) is 0 Å². The smallest absolute Gasteiger partial charge is 0.161 e. The van der Waals surface area contributed by atoms with E-state index in [4.69, 9.17) is 9.47 Å². The number of hydrogen-bond donors (Lipinski definition) is 0. The number of rotatable bonds is 9. The summed E-state index contributed by atoms with van der Waals surface area (Å²) >= 11 is 1.59. The predicted molar refractivity (Wildman–Crippen MR) is 121 cm³/mol. The van der Waals surface area contributed by atoms with E-state index in [-0.39, 0.29) is 0 Å². The van der Waals surface area contributed by atoms with Crippen molar-refractivity contribution >= 4 is 33.7 Å². The fraction of sp³-hybridized carbons (Fsp3) is 0.391. The van der Waals surface area contributed by atoms with E-state index in [1.807, 2.05) is 0 Å². The zero-order chi connectivity index (χ0) is 20.8. The highest BCUT2D eigenvalue weighted by molar-refractivity contribution is 7.13. The summed E-state index contributed by atoms with van der Waals surface area (Å²) in [5.74, 6) is 2.43. The van der Waals surface area contributed by atoms with E-state index in [9.17, 15) is 4.79 Å². The standard InChI is InChI=1S/C23H27N3O3S/c1-28-21-16-18(17-27)8-9-20(21)29-15-5-4-10-25-11-13-26(14-12-25)23-19-6-2-3-7-22(19)30-24-23/h2-3,6-9,16-17H,4-5,10-15H2,1H3. The third kappa shape index (κ3) is 4.74. The summed E-state index contributed by atoms with van der Waals surface area (Å²) in [7, 11) is 1.59. The zero-order valence-electron chi connectivity index (χ0n) is 17.3. The molecule has 158 valence electrons. The SMILES string of the molecule is COc1cc(C=O)ccc1OCCCCN1CCN(c2nsc3ccccc23)CC1. The molecule has 2 heterocycles. The second-order valence-electron chi connectivity index (χ2n) is 7.41. The first-order valence-electron chi connectivity index (χ1n) is 10.4. The first-order chi connectivity index (χ1) is 14.8. The Bertz CT molecular complexity index is 983. The molecular formula is C23H27N3O3S. The number of hydrogen-bond acceptors (Lipinski definition) is 7. The molecule has 7 heteroatoms. The van der Waals surface area contributed by atoms with Gasteiger partial charge in [-0.3, -0.25) is 9.69 Å². The molecule has 0 bridgehead atoms. The van der Waals surface area contributed by atoms with Gasteiger partial charge in [0.15, 0.2) is 11.5 Å². The number of aromatic nitrogens is 1. The lowest BCUT2D eigenvalue weighted by Gasteiger charge is -2.35. The number of unbranched alkanes of at least 4 members (excludes halogenated alkanes) is 1. The van der Waals surface area contributed by atoms with Gasteiger partial charge < -0.3 is 14.4 Å². The van der Waals surface area contributed by atoms with Gasteiger partial charge in [-0.25, -0.2) is 0 Å². The minimum atomic E-state index is 0.587. The van der Waals surface area contributed by atoms with Crippen LogP contribution in [0.4, 0.5) is 5.82 Å². The van der Waals surface area contributed by atoms with E-state index in [1.54, 1.807) is 36.8 Å². The normalized spacial score (nSPS) is 14.8. The highest BCUT2D eigenvalue weighted by Gasteiger charge is 2.20. The lowest BCUT2D eigenvalue weighted by atomic mass is 10.2. The van der Waals surface area contributed by atoms with Gasteiger partial charge in [0.05, 0.1) is 18.4 Å². The van der Waals surface area contributed by atoms with Crippen LogP contribution >= 0.6 is 11.5 Å². The van der Waals surface area contributed by atoms with E-state index in [2.05, 4.69) is 38.4 Å². The van der Waals surface area contributed by atoms with Crippen LogP contribution in [0.3, 0.4) is 0 Å². The quantitative estimate of drug-likeness (QED) is 0.380. The lowest BCUT2D eigenvalue weighted by Crippen LogP contribution is -2.46. The number of methoxy groups -OCH3 is 1. The van der Waals surface area contributed by atoms with Gasteiger partial charge in [-0.1, -0.05) is 12.1 Å². The van der Waals surface area contributed by atoms with Gasteiger partial charge in [0.2, 0.25) is 0 Å². The molecule has 1 aliphatic rings. The highest BCUT2D eigenvalue weighted by Crippen LogP contribution is 2.30. The summed E-state index contributed by atoms with van der Waals surface area (Å²) < 4.78 is 17.1. The van der Waals surface area contributed by atoms with Crippen molar-refractivity contribution in [1.82, 2.24) is 9.27 Å². The molecule has 4 rings (SSSR count). The van der Waals surface area contributed by atoms with Crippen LogP contribution in [0, 0.1) is 0 Å². The van der Waals surface area contributed by atoms with Crippen LogP contribution in [0.2, 0.25) is 0 Å². The third-order valence-electron chi connectivity index (χ3n) is 5.48. The van der Waals surface area contributed by atoms with Crippen LogP contribution in [0.1, 0.15) is 23.2 Å². The Morgan fingerprint density at radius 1 is 1.07 bits per heavy atom. The van der Waals surface area contributed by atoms with Crippen LogP contribution < -0.4 is 14.4 Å². The monoisotopic (exact) mass is 425 g/mol. The van der Waals surface area contributed by atoms with Gasteiger partial charge in [0.25, 0.3) is 0 Å². The number of aldehydes is 1. The molecule has 1 saturated heterocycles. The minimum absolute atomic E-state index is 0.587. The van der Waals surface area contributed by atoms with Gasteiger partial charge in [-0.05, 0) is 61.3 Å². The van der Waals surface area contributed by atoms with Crippen LogP contribution in [0.25, 0.3) is 10.1 Å². The van der Waals surface area contributed by atoms with E-state index < -0.39 is 0 Å². The summed E-state index contributed by atoms with van der Waals surface area (Å²) in [5, 5.41) is 1.27. The van der Waals surface area contributed by atoms with Crippen molar-refractivity contribution in [3.05, 3.63) is 48.0 Å². The molecule has 2 aromatic carbocycles. The number of fused-ring (bicyclic) bond motifs is 1. The fourth-order valence-electron chi connectivity index (χ4n) is 3.78.